The normalized spacial score (nSPS) is 13.5. The molecule has 0 aliphatic heterocycles. The molecule has 0 aromatic carbocycles. The second-order valence-electron chi connectivity index (χ2n) is 18.3. The number of carbonyl (C=O) groups is 2. The first kappa shape index (κ1) is 47.9. The average Bonchev–Trinajstić information content (AvgIpc) is 3.87. The SMILES string of the molecule is CN(CC(=O)CC(C)(C)C)c1nc(-c2cc(OCCO)ccn2)nc2c1CCC2.CN(CC(=O)CC(C)(C)C)c1nc(-c2cc(OCCOS(C)(=O)=O)ccn2)nc2c1CCC2. The molecule has 17 heteroatoms. The maximum atomic E-state index is 12.6. The molecule has 62 heavy (non-hydrogen) atoms. The van der Waals surface area contributed by atoms with Crippen molar-refractivity contribution < 1.29 is 36.8 Å². The number of hydrogen-bond donors (Lipinski definition) is 1. The molecule has 4 aromatic rings. The number of ether oxygens (including phenoxy) is 2. The lowest BCUT2D eigenvalue weighted by atomic mass is 9.90. The molecule has 0 atom stereocenters. The molecule has 0 unspecified atom stereocenters. The second-order valence-corrected chi connectivity index (χ2v) is 19.9. The summed E-state index contributed by atoms with van der Waals surface area (Å²) in [4.78, 5) is 56.7. The molecule has 0 bridgehead atoms. The highest BCUT2D eigenvalue weighted by atomic mass is 32.2. The molecule has 0 radical (unpaired) electrons. The van der Waals surface area contributed by atoms with Crippen molar-refractivity contribution in [3.05, 3.63) is 59.2 Å². The summed E-state index contributed by atoms with van der Waals surface area (Å²) in [5, 5.41) is 8.96. The van der Waals surface area contributed by atoms with Crippen LogP contribution in [0.5, 0.6) is 11.5 Å². The topological polar surface area (TPSA) is 200 Å². The molecule has 0 spiro atoms. The first-order valence-corrected chi connectivity index (χ1v) is 22.9. The Kier molecular flexibility index (Phi) is 16.1. The van der Waals surface area contributed by atoms with E-state index in [-0.39, 0.29) is 55.4 Å². The number of anilines is 2. The van der Waals surface area contributed by atoms with Gasteiger partial charge in [-0.15, -0.1) is 0 Å². The first-order chi connectivity index (χ1) is 29.2. The molecular formula is C45H62N8O8S. The van der Waals surface area contributed by atoms with E-state index in [1.807, 2.05) is 23.9 Å². The van der Waals surface area contributed by atoms with Gasteiger partial charge in [0.1, 0.15) is 54.3 Å². The zero-order valence-corrected chi connectivity index (χ0v) is 38.5. The third-order valence-electron chi connectivity index (χ3n) is 9.76. The van der Waals surface area contributed by atoms with Crippen LogP contribution in [-0.2, 0) is 49.6 Å². The molecule has 6 rings (SSSR count). The van der Waals surface area contributed by atoms with E-state index >= 15 is 0 Å². The molecule has 1 N–H and O–H groups in total. The van der Waals surface area contributed by atoms with Crippen LogP contribution in [0.15, 0.2) is 36.7 Å². The van der Waals surface area contributed by atoms with Crippen LogP contribution in [0.1, 0.15) is 89.7 Å². The Morgan fingerprint density at radius 2 is 1.11 bits per heavy atom. The van der Waals surface area contributed by atoms with Gasteiger partial charge in [-0.1, -0.05) is 41.5 Å². The predicted molar refractivity (Wildman–Crippen MR) is 238 cm³/mol. The number of ketones is 2. The third kappa shape index (κ3) is 14.5. The van der Waals surface area contributed by atoms with Gasteiger partial charge < -0.3 is 24.4 Å². The number of pyridine rings is 2. The maximum Gasteiger partial charge on any atom is 0.264 e. The van der Waals surface area contributed by atoms with Gasteiger partial charge in [0.05, 0.1) is 26.0 Å². The summed E-state index contributed by atoms with van der Waals surface area (Å²) in [6.45, 7) is 13.2. The number of nitrogens with zero attached hydrogens (tertiary/aromatic N) is 8. The van der Waals surface area contributed by atoms with Crippen LogP contribution >= 0.6 is 0 Å². The van der Waals surface area contributed by atoms with Crippen LogP contribution in [0, 0.1) is 10.8 Å². The number of fused-ring (bicyclic) bond motifs is 2. The largest absolute Gasteiger partial charge is 0.491 e. The summed E-state index contributed by atoms with van der Waals surface area (Å²) < 4.78 is 37.9. The van der Waals surface area contributed by atoms with Gasteiger partial charge in [0.25, 0.3) is 10.1 Å². The predicted octanol–water partition coefficient (Wildman–Crippen LogP) is 5.66. The average molecular weight is 875 g/mol. The number of likely N-dealkylation sites (N-methyl/N-ethyl adjacent to an activating group) is 2. The zero-order chi connectivity index (χ0) is 45.2. The summed E-state index contributed by atoms with van der Waals surface area (Å²) >= 11 is 0. The van der Waals surface area contributed by atoms with Crippen LogP contribution < -0.4 is 19.3 Å². The lowest BCUT2D eigenvalue weighted by Crippen LogP contribution is -2.30. The quantitative estimate of drug-likeness (QED) is 0.0947. The fourth-order valence-electron chi connectivity index (χ4n) is 7.41. The highest BCUT2D eigenvalue weighted by Gasteiger charge is 2.27. The summed E-state index contributed by atoms with van der Waals surface area (Å²) in [5.74, 6) is 4.08. The van der Waals surface area contributed by atoms with E-state index in [9.17, 15) is 18.0 Å². The van der Waals surface area contributed by atoms with Gasteiger partial charge in [-0.3, -0.25) is 23.7 Å². The second kappa shape index (κ2) is 20.8. The number of Topliss-reactive ketones (excluding diaryl/α,β-unsaturated/α-hetero) is 2. The fourth-order valence-corrected chi connectivity index (χ4v) is 7.79. The van der Waals surface area contributed by atoms with Crippen LogP contribution in [0.3, 0.4) is 0 Å². The first-order valence-electron chi connectivity index (χ1n) is 21.1. The van der Waals surface area contributed by atoms with E-state index in [1.54, 1.807) is 36.7 Å². The summed E-state index contributed by atoms with van der Waals surface area (Å²) in [5.41, 5.74) is 5.31. The van der Waals surface area contributed by atoms with Gasteiger partial charge in [0, 0.05) is 74.0 Å². The number of aryl methyl sites for hydroxylation is 2. The Morgan fingerprint density at radius 1 is 0.677 bits per heavy atom. The zero-order valence-electron chi connectivity index (χ0n) is 37.7. The summed E-state index contributed by atoms with van der Waals surface area (Å²) in [7, 11) is 0.296. The van der Waals surface area contributed by atoms with Crippen LogP contribution in [0.4, 0.5) is 11.6 Å². The number of aromatic nitrogens is 6. The monoisotopic (exact) mass is 874 g/mol. The molecule has 2 aliphatic carbocycles. The molecule has 0 amide bonds. The minimum absolute atomic E-state index is 0.0321. The minimum atomic E-state index is -3.51. The Hall–Kier alpha value is -5.13. The third-order valence-corrected chi connectivity index (χ3v) is 10.4. The van der Waals surface area contributed by atoms with Gasteiger partial charge in [-0.05, 0) is 61.5 Å². The standard InChI is InChI=1S/C23H32N4O5S.C22H30N4O3/c1-23(2,3)14-16(28)15-27(4)22-18-7-6-8-19(18)25-21(26-22)20-13-17(9-10-24-20)31-11-12-32-33(5,29)30;1-22(2,3)13-15(28)14-26(4)21-17-6-5-7-18(17)24-20(25-21)19-12-16(8-9-23-19)29-11-10-27/h9-10,13H,6-8,11-12,14-15H2,1-5H3;8-9,12,27H,5-7,10-11,13-14H2,1-4H3. The maximum absolute atomic E-state index is 12.6. The Labute approximate surface area is 366 Å². The number of aliphatic hydroxyl groups is 1. The molecule has 4 aromatic heterocycles. The van der Waals surface area contributed by atoms with E-state index in [0.29, 0.717) is 53.9 Å². The smallest absolute Gasteiger partial charge is 0.264 e. The summed E-state index contributed by atoms with van der Waals surface area (Å²) in [6.07, 6.45) is 10.9. The molecule has 2 aliphatic rings. The molecular weight excluding hydrogens is 813 g/mol. The van der Waals surface area contributed by atoms with Crippen molar-refractivity contribution in [2.24, 2.45) is 10.8 Å². The van der Waals surface area contributed by atoms with Crippen LogP contribution in [0.25, 0.3) is 23.0 Å². The van der Waals surface area contributed by atoms with E-state index in [1.165, 1.54) is 0 Å². The van der Waals surface area contributed by atoms with Gasteiger partial charge in [-0.2, -0.15) is 8.42 Å². The van der Waals surface area contributed by atoms with Gasteiger partial charge in [0.15, 0.2) is 23.2 Å². The number of carbonyl (C=O) groups excluding carboxylic acids is 2. The number of aliphatic hydroxyl groups excluding tert-OH is 1. The van der Waals surface area contributed by atoms with Gasteiger partial charge in [-0.25, -0.2) is 19.9 Å². The van der Waals surface area contributed by atoms with Crippen molar-refractivity contribution in [1.82, 2.24) is 29.9 Å². The van der Waals surface area contributed by atoms with Crippen molar-refractivity contribution in [2.75, 3.05) is 69.7 Å². The highest BCUT2D eigenvalue weighted by molar-refractivity contribution is 7.85. The van der Waals surface area contributed by atoms with E-state index in [0.717, 1.165) is 78.9 Å². The van der Waals surface area contributed by atoms with Crippen molar-refractivity contribution >= 4 is 33.3 Å². The summed E-state index contributed by atoms with van der Waals surface area (Å²) in [6, 6.07) is 6.91. The van der Waals surface area contributed by atoms with Gasteiger partial charge >= 0.3 is 0 Å². The van der Waals surface area contributed by atoms with E-state index in [4.69, 9.17) is 38.7 Å². The molecule has 0 fully saturated rings. The molecule has 0 saturated heterocycles. The molecule has 0 saturated carbocycles. The highest BCUT2D eigenvalue weighted by Crippen LogP contribution is 2.33. The minimum Gasteiger partial charge on any atom is -0.491 e. The Bertz CT molecular complexity index is 2310. The molecule has 336 valence electrons. The fraction of sp³-hybridized carbons (Fsp3) is 0.556. The number of rotatable bonds is 18. The van der Waals surface area contributed by atoms with E-state index < -0.39 is 10.1 Å². The van der Waals surface area contributed by atoms with Crippen molar-refractivity contribution in [2.45, 2.75) is 92.9 Å². The molecule has 16 nitrogen and oxygen atoms in total. The lowest BCUT2D eigenvalue weighted by Gasteiger charge is -2.23. The van der Waals surface area contributed by atoms with Crippen molar-refractivity contribution in [1.29, 1.82) is 0 Å². The van der Waals surface area contributed by atoms with Crippen molar-refractivity contribution in [3.8, 4) is 34.5 Å². The van der Waals surface area contributed by atoms with Gasteiger partial charge in [0.2, 0.25) is 0 Å². The lowest BCUT2D eigenvalue weighted by molar-refractivity contribution is -0.120. The molecule has 4 heterocycles. The van der Waals surface area contributed by atoms with E-state index in [2.05, 4.69) is 51.5 Å². The number of hydrogen-bond acceptors (Lipinski definition) is 16. The van der Waals surface area contributed by atoms with Crippen LogP contribution in [0.2, 0.25) is 0 Å². The Morgan fingerprint density at radius 3 is 1.52 bits per heavy atom. The Balaban J connectivity index is 0.000000236. The van der Waals surface area contributed by atoms with Crippen LogP contribution in [-0.4, -0.2) is 115 Å². The van der Waals surface area contributed by atoms with Crippen molar-refractivity contribution in [3.63, 3.8) is 0 Å².